The molecule has 1 aliphatic rings. The zero-order valence-electron chi connectivity index (χ0n) is 14.4. The lowest BCUT2D eigenvalue weighted by atomic mass is 10.0. The Labute approximate surface area is 144 Å². The lowest BCUT2D eigenvalue weighted by Gasteiger charge is -2.34. The van der Waals surface area contributed by atoms with Gasteiger partial charge in [0.25, 0.3) is 0 Å². The van der Waals surface area contributed by atoms with E-state index in [1.807, 2.05) is 12.1 Å². The van der Waals surface area contributed by atoms with Crippen LogP contribution in [0.3, 0.4) is 0 Å². The Morgan fingerprint density at radius 2 is 1.71 bits per heavy atom. The molecule has 0 unspecified atom stereocenters. The molecule has 0 spiro atoms. The average Bonchev–Trinajstić information content (AvgIpc) is 2.60. The van der Waals surface area contributed by atoms with Crippen LogP contribution in [-0.4, -0.2) is 30.1 Å². The van der Waals surface area contributed by atoms with Gasteiger partial charge in [-0.2, -0.15) is 0 Å². The van der Waals surface area contributed by atoms with Gasteiger partial charge in [-0.25, -0.2) is 4.39 Å². The summed E-state index contributed by atoms with van der Waals surface area (Å²) in [6, 6.07) is 18.6. The Hall–Kier alpha value is -1.71. The van der Waals surface area contributed by atoms with E-state index in [0.29, 0.717) is 12.1 Å². The highest BCUT2D eigenvalue weighted by atomic mass is 19.1. The van der Waals surface area contributed by atoms with Gasteiger partial charge in [-0.05, 0) is 56.5 Å². The van der Waals surface area contributed by atoms with Gasteiger partial charge in [-0.1, -0.05) is 48.5 Å². The van der Waals surface area contributed by atoms with Gasteiger partial charge < -0.3 is 5.32 Å². The summed E-state index contributed by atoms with van der Waals surface area (Å²) in [7, 11) is 0. The number of nitrogens with zero attached hydrogens (tertiary/aromatic N) is 1. The number of likely N-dealkylation sites (tertiary alicyclic amines) is 1. The Morgan fingerprint density at radius 1 is 1.04 bits per heavy atom. The van der Waals surface area contributed by atoms with Crippen LogP contribution in [0.1, 0.15) is 30.9 Å². The fourth-order valence-corrected chi connectivity index (χ4v) is 3.55. The van der Waals surface area contributed by atoms with Crippen molar-refractivity contribution in [1.82, 2.24) is 10.2 Å². The van der Waals surface area contributed by atoms with Gasteiger partial charge in [0, 0.05) is 18.6 Å². The number of nitrogens with one attached hydrogen (secondary N) is 1. The molecular weight excluding hydrogens is 299 g/mol. The van der Waals surface area contributed by atoms with Crippen molar-refractivity contribution in [3.63, 3.8) is 0 Å². The number of benzene rings is 2. The first kappa shape index (κ1) is 17.1. The molecule has 1 N–H and O–H groups in total. The van der Waals surface area contributed by atoms with Crippen LogP contribution in [0, 0.1) is 5.82 Å². The molecule has 1 aliphatic heterocycles. The second kappa shape index (κ2) is 8.41. The van der Waals surface area contributed by atoms with E-state index in [-0.39, 0.29) is 5.82 Å². The summed E-state index contributed by atoms with van der Waals surface area (Å²) in [4.78, 5) is 2.52. The highest BCUT2D eigenvalue weighted by molar-refractivity contribution is 5.18. The molecule has 1 fully saturated rings. The first-order chi connectivity index (χ1) is 11.7. The van der Waals surface area contributed by atoms with Crippen LogP contribution in [0.25, 0.3) is 0 Å². The van der Waals surface area contributed by atoms with E-state index >= 15 is 0 Å². The van der Waals surface area contributed by atoms with Crippen molar-refractivity contribution in [1.29, 1.82) is 0 Å². The topological polar surface area (TPSA) is 15.3 Å². The number of hydrogen-bond acceptors (Lipinski definition) is 2. The van der Waals surface area contributed by atoms with Crippen molar-refractivity contribution in [3.8, 4) is 0 Å². The monoisotopic (exact) mass is 326 g/mol. The second-order valence-electron chi connectivity index (χ2n) is 6.90. The third kappa shape index (κ3) is 4.89. The molecular formula is C21H27FN2. The minimum atomic E-state index is -0.0937. The summed E-state index contributed by atoms with van der Waals surface area (Å²) in [6.07, 6.45) is 3.07. The predicted octanol–water partition coefficient (Wildman–Crippen LogP) is 4.01. The van der Waals surface area contributed by atoms with Crippen molar-refractivity contribution in [3.05, 3.63) is 71.5 Å². The van der Waals surface area contributed by atoms with Crippen molar-refractivity contribution in [2.45, 2.75) is 44.8 Å². The Morgan fingerprint density at radius 3 is 2.42 bits per heavy atom. The maximum atomic E-state index is 13.8. The Balaban J connectivity index is 1.43. The summed E-state index contributed by atoms with van der Waals surface area (Å²) < 4.78 is 13.8. The average molecular weight is 326 g/mol. The smallest absolute Gasteiger partial charge is 0.126 e. The summed E-state index contributed by atoms with van der Waals surface area (Å²) >= 11 is 0. The van der Waals surface area contributed by atoms with Crippen molar-refractivity contribution < 1.29 is 4.39 Å². The molecule has 3 heteroatoms. The molecule has 1 saturated heterocycles. The molecule has 2 aromatic rings. The van der Waals surface area contributed by atoms with Crippen LogP contribution in [0.15, 0.2) is 54.6 Å². The van der Waals surface area contributed by atoms with Crippen LogP contribution in [0.4, 0.5) is 4.39 Å². The van der Waals surface area contributed by atoms with E-state index in [1.165, 1.54) is 5.56 Å². The quantitative estimate of drug-likeness (QED) is 0.863. The van der Waals surface area contributed by atoms with Gasteiger partial charge in [0.15, 0.2) is 0 Å². The highest BCUT2D eigenvalue weighted by Crippen LogP contribution is 2.15. The molecule has 3 rings (SSSR count). The zero-order valence-corrected chi connectivity index (χ0v) is 14.4. The van der Waals surface area contributed by atoms with Crippen molar-refractivity contribution >= 4 is 0 Å². The fourth-order valence-electron chi connectivity index (χ4n) is 3.55. The Bertz CT molecular complexity index is 621. The van der Waals surface area contributed by atoms with Crippen molar-refractivity contribution in [2.75, 3.05) is 13.1 Å². The number of hydrogen-bond donors (Lipinski definition) is 1. The van der Waals surface area contributed by atoms with Crippen molar-refractivity contribution in [2.24, 2.45) is 0 Å². The lowest BCUT2D eigenvalue weighted by Crippen LogP contribution is -2.45. The van der Waals surface area contributed by atoms with E-state index in [1.54, 1.807) is 12.1 Å². The van der Waals surface area contributed by atoms with E-state index in [9.17, 15) is 4.39 Å². The molecule has 0 amide bonds. The number of rotatable bonds is 6. The van der Waals surface area contributed by atoms with Gasteiger partial charge >= 0.3 is 0 Å². The largest absolute Gasteiger partial charge is 0.311 e. The molecule has 2 nitrogen and oxygen atoms in total. The normalized spacial score (nSPS) is 17.8. The van der Waals surface area contributed by atoms with Crippen LogP contribution in [-0.2, 0) is 13.0 Å². The molecule has 1 heterocycles. The molecule has 0 aromatic heterocycles. The standard InChI is InChI=1S/C21H27FN2/c1-17(15-19-9-5-6-10-21(19)22)23-20-11-13-24(14-12-20)16-18-7-3-2-4-8-18/h2-10,17,20,23H,11-16H2,1H3/t17-/m1/s1. The molecule has 1 atom stereocenters. The summed E-state index contributed by atoms with van der Waals surface area (Å²) in [5.74, 6) is -0.0937. The molecule has 0 aliphatic carbocycles. The van der Waals surface area contributed by atoms with E-state index in [2.05, 4.69) is 47.5 Å². The highest BCUT2D eigenvalue weighted by Gasteiger charge is 2.20. The minimum Gasteiger partial charge on any atom is -0.311 e. The fraction of sp³-hybridized carbons (Fsp3) is 0.429. The molecule has 0 saturated carbocycles. The summed E-state index contributed by atoms with van der Waals surface area (Å²) in [5, 5.41) is 3.69. The van der Waals surface area contributed by atoms with Crippen LogP contribution in [0.2, 0.25) is 0 Å². The number of piperidine rings is 1. The third-order valence-electron chi connectivity index (χ3n) is 4.84. The van der Waals surface area contributed by atoms with E-state index < -0.39 is 0 Å². The van der Waals surface area contributed by atoms with Gasteiger partial charge in [0.05, 0.1) is 0 Å². The third-order valence-corrected chi connectivity index (χ3v) is 4.84. The maximum absolute atomic E-state index is 13.8. The second-order valence-corrected chi connectivity index (χ2v) is 6.90. The van der Waals surface area contributed by atoms with Crippen LogP contribution >= 0.6 is 0 Å². The molecule has 24 heavy (non-hydrogen) atoms. The first-order valence-corrected chi connectivity index (χ1v) is 8.96. The van der Waals surface area contributed by atoms with Gasteiger partial charge in [0.2, 0.25) is 0 Å². The SMILES string of the molecule is C[C@H](Cc1ccccc1F)NC1CCN(Cc2ccccc2)CC1. The first-order valence-electron chi connectivity index (χ1n) is 8.96. The summed E-state index contributed by atoms with van der Waals surface area (Å²) in [6.45, 7) is 5.44. The summed E-state index contributed by atoms with van der Waals surface area (Å²) in [5.41, 5.74) is 2.19. The van der Waals surface area contributed by atoms with E-state index in [0.717, 1.165) is 44.5 Å². The molecule has 128 valence electrons. The van der Waals surface area contributed by atoms with Gasteiger partial charge in [0.1, 0.15) is 5.82 Å². The van der Waals surface area contributed by atoms with Crippen LogP contribution < -0.4 is 5.32 Å². The molecule has 2 aromatic carbocycles. The predicted molar refractivity (Wildman–Crippen MR) is 97.4 cm³/mol. The molecule has 0 radical (unpaired) electrons. The van der Waals surface area contributed by atoms with E-state index in [4.69, 9.17) is 0 Å². The number of halogens is 1. The molecule has 0 bridgehead atoms. The minimum absolute atomic E-state index is 0.0937. The lowest BCUT2D eigenvalue weighted by molar-refractivity contribution is 0.185. The van der Waals surface area contributed by atoms with Gasteiger partial charge in [-0.3, -0.25) is 4.90 Å². The van der Waals surface area contributed by atoms with Crippen LogP contribution in [0.5, 0.6) is 0 Å². The van der Waals surface area contributed by atoms with Gasteiger partial charge in [-0.15, -0.1) is 0 Å². The maximum Gasteiger partial charge on any atom is 0.126 e. The zero-order chi connectivity index (χ0) is 16.8. The Kier molecular flexibility index (Phi) is 6.00.